The zero-order chi connectivity index (χ0) is 88.2. The number of nitrogens with zero attached hydrogens (tertiary/aromatic N) is 14. The van der Waals surface area contributed by atoms with E-state index in [1.54, 1.807) is 63.6 Å². The van der Waals surface area contributed by atoms with Crippen LogP contribution in [0.15, 0.2) is 122 Å². The summed E-state index contributed by atoms with van der Waals surface area (Å²) in [6, 6.07) is 28.8. The second-order valence-corrected chi connectivity index (χ2v) is 23.1. The second kappa shape index (κ2) is 40.6. The highest BCUT2D eigenvalue weighted by Gasteiger charge is 2.28. The minimum atomic E-state index is -2.63. The molecule has 3 amide bonds. The van der Waals surface area contributed by atoms with Crippen LogP contribution in [-0.2, 0) is 58.8 Å². The number of amides is 3. The van der Waals surface area contributed by atoms with Crippen LogP contribution in [0.4, 0.5) is 39.7 Å². The third kappa shape index (κ3) is 24.4. The Kier molecular flexibility index (Phi) is 26.0. The highest BCUT2D eigenvalue weighted by Crippen LogP contribution is 2.32. The van der Waals surface area contributed by atoms with Gasteiger partial charge < -0.3 is 57.3 Å². The molecule has 0 bridgehead atoms. The van der Waals surface area contributed by atoms with Gasteiger partial charge in [0.25, 0.3) is 23.5 Å². The number of carbonyl (C=O) groups excluding carboxylic acids is 4. The molecular weight excluding hydrogens is 1400 g/mol. The molecule has 0 radical (unpaired) electrons. The number of aliphatic hydroxyl groups is 1. The number of pyridine rings is 2. The van der Waals surface area contributed by atoms with Gasteiger partial charge in [0, 0.05) is 81.4 Å². The van der Waals surface area contributed by atoms with Gasteiger partial charge >= 0.3 is 5.97 Å². The average Bonchev–Trinajstić information content (AvgIpc) is 1.54. The number of hydrogen-bond acceptors (Lipinski definition) is 20. The molecule has 4 aromatic carbocycles. The van der Waals surface area contributed by atoms with Gasteiger partial charge in [-0.05, 0) is 179 Å². The molecule has 0 unspecified atom stereocenters. The Morgan fingerprint density at radius 2 is 1.05 bits per heavy atom. The molecule has 10 aromatic rings. The second-order valence-electron chi connectivity index (χ2n) is 23.1. The van der Waals surface area contributed by atoms with Gasteiger partial charge in [-0.15, -0.1) is 5.10 Å². The highest BCUT2D eigenvalue weighted by atomic mass is 19.1. The number of anilines is 2. The minimum Gasteiger partial charge on any atom is -0.504 e. The number of aromatic nitrogens is 10. The fraction of sp³-hybridized carbons (Fsp3) is 0.280. The van der Waals surface area contributed by atoms with Crippen LogP contribution in [0.1, 0.15) is 199 Å². The number of halogens is 5. The molecule has 0 aliphatic carbocycles. The van der Waals surface area contributed by atoms with Gasteiger partial charge in [0.15, 0.2) is 23.1 Å². The lowest BCUT2D eigenvalue weighted by Gasteiger charge is -2.19. The molecule has 1 aliphatic heterocycles. The Morgan fingerprint density at radius 3 is 1.45 bits per heavy atom. The van der Waals surface area contributed by atoms with E-state index in [1.807, 2.05) is 27.7 Å². The van der Waals surface area contributed by atoms with Gasteiger partial charge in [0.2, 0.25) is 0 Å². The number of nitrogens with two attached hydrogens (primary N) is 2. The summed E-state index contributed by atoms with van der Waals surface area (Å²) in [7, 11) is 1.73. The van der Waals surface area contributed by atoms with Crippen LogP contribution < -0.4 is 37.5 Å². The molecule has 3 atom stereocenters. The van der Waals surface area contributed by atoms with Crippen molar-refractivity contribution in [1.29, 1.82) is 15.8 Å². The van der Waals surface area contributed by atoms with E-state index in [9.17, 15) is 41.8 Å². The Hall–Kier alpha value is -13.4. The van der Waals surface area contributed by atoms with E-state index >= 15 is 0 Å². The van der Waals surface area contributed by atoms with Gasteiger partial charge in [0.05, 0.1) is 65.2 Å². The number of nitrogen functional groups attached to an aromatic ring is 2. The smallest absolute Gasteiger partial charge is 0.339 e. The zero-order valence-electron chi connectivity index (χ0n) is 70.4. The zero-order valence-corrected chi connectivity index (χ0v) is 58.4. The Balaban J connectivity index is 0.000000390. The van der Waals surface area contributed by atoms with E-state index in [0.29, 0.717) is 54.3 Å². The van der Waals surface area contributed by atoms with E-state index in [1.165, 1.54) is 85.8 Å². The van der Waals surface area contributed by atoms with Crippen LogP contribution in [0.25, 0.3) is 4.85 Å². The van der Waals surface area contributed by atoms with Crippen LogP contribution >= 0.6 is 0 Å². The SMILES string of the molecule is C.C[C@@H]1OC(=O)c2ccc(F)cc21.Cc1cnc(N)c(O)c1.F.[2H]C([2H])([2H])n1nc(CNC(=O)c2ccc(F)cc2C(C)C)cc1C#N.[2H]C([2H])([2H])n1nc(CNC(=O)c2ccc(F)cc2[C@@H](C)Oc2cc(C)cnc2N)cc1C#N.[2H]C([2H])([2H])n1nc(CNC(=O)c2ccc(F)cc2[C@H](C)O)cc1C#N.[2H]C([2H])([2H])n1nc(CNC)cc1[N+]#[C-].[HH]. The normalized spacial score (nSPS) is 13.9. The molecule has 0 fully saturated rings. The van der Waals surface area contributed by atoms with Crippen molar-refractivity contribution in [2.45, 2.75) is 106 Å². The number of rotatable bonds is 16. The molecule has 6 aromatic heterocycles. The van der Waals surface area contributed by atoms with Crippen LogP contribution in [0.2, 0.25) is 0 Å². The number of carbonyl (C=O) groups is 4. The molecule has 7 heterocycles. The van der Waals surface area contributed by atoms with Crippen molar-refractivity contribution in [2.24, 2.45) is 27.9 Å². The number of esters is 1. The molecule has 0 saturated carbocycles. The van der Waals surface area contributed by atoms with Crippen molar-refractivity contribution >= 4 is 41.1 Å². The van der Waals surface area contributed by atoms with Gasteiger partial charge in [-0.2, -0.15) is 31.1 Å². The molecule has 0 spiro atoms. The summed E-state index contributed by atoms with van der Waals surface area (Å²) < 4.78 is 154. The summed E-state index contributed by atoms with van der Waals surface area (Å²) in [4.78, 5) is 59.4. The first-order valence-corrected chi connectivity index (χ1v) is 31.4. The third-order valence-corrected chi connectivity index (χ3v) is 14.7. The Morgan fingerprint density at radius 1 is 0.639 bits per heavy atom. The van der Waals surface area contributed by atoms with Crippen LogP contribution in [0, 0.1) is 77.7 Å². The standard InChI is InChI=1S/C21H21FN6O2.C16H17FN4O.C15H15FN4O2.C9H7FO2.C7H10N4.C6H8N2O.CH4.FH.H2/c1-12-6-19(20(24)25-10-12)30-13(2)18-7-14(22)4-5-17(18)21(29)26-11-15-8-16(9-23)28(3)27-15;1-10(2)15-6-11(17)4-5-14(15)16(22)19-9-12-7-13(8-18)21(3)20-12;1-9(21)14-5-10(16)3-4-13(14)15(22)18-8-11-6-12(7-17)20(2)19-11;1-5-8-4-6(10)2-3-7(8)9(11)12-5;1-8-5-6-4-7(9-2)11(3)10-6;1-4-2-5(9)6(7)8-3-4;;;/h4-8,10,13H,11H2,1-3H3,(H2,24,25)(H,26,29);4-7,10H,9H2,1-3H3,(H,19,22);3-6,9,21H,8H2,1-2H3,(H,18,22);2-5H,1H3;4,8H,5H2,1,3H3;2-3,9H,1H3,(H2,7,8);1H4;2*1H/t13-;;9-;5-;;;;;/m1.00...../s1/i2*3D3;2D3;;3D3;;;;. The van der Waals surface area contributed by atoms with Crippen LogP contribution in [-0.4, -0.2) is 90.0 Å². The van der Waals surface area contributed by atoms with Crippen LogP contribution in [0.3, 0.4) is 0 Å². The van der Waals surface area contributed by atoms with Crippen molar-refractivity contribution < 1.29 is 79.0 Å². The number of aryl methyl sites for hydroxylation is 6. The summed E-state index contributed by atoms with van der Waals surface area (Å²) in [6.07, 6.45) is 1.08. The summed E-state index contributed by atoms with van der Waals surface area (Å²) >= 11 is 0. The largest absolute Gasteiger partial charge is 0.504 e. The first-order valence-electron chi connectivity index (χ1n) is 37.4. The Bertz CT molecular complexity index is 5340. The maximum Gasteiger partial charge on any atom is 0.339 e. The predicted molar refractivity (Wildman–Crippen MR) is 392 cm³/mol. The number of nitrogens with one attached hydrogen (secondary N) is 4. The number of aliphatic hydroxyl groups excluding tert-OH is 1. The number of fused-ring (bicyclic) bond motifs is 1. The highest BCUT2D eigenvalue weighted by molar-refractivity contribution is 5.97. The van der Waals surface area contributed by atoms with E-state index in [0.717, 1.165) is 34.0 Å². The van der Waals surface area contributed by atoms with E-state index in [-0.39, 0.29) is 137 Å². The lowest BCUT2D eigenvalue weighted by Crippen LogP contribution is -2.25. The number of nitriles is 3. The molecule has 0 saturated heterocycles. The first kappa shape index (κ1) is 69.0. The quantitative estimate of drug-likeness (QED) is 0.0253. The minimum absolute atomic E-state index is 0. The lowest BCUT2D eigenvalue weighted by molar-refractivity contribution is 0.0421. The number of ether oxygens (including phenoxy) is 2. The molecule has 28 nitrogen and oxygen atoms in total. The predicted octanol–water partition coefficient (Wildman–Crippen LogP) is 11.1. The number of benzene rings is 4. The number of cyclic esters (lactones) is 1. The molecule has 33 heteroatoms. The third-order valence-electron chi connectivity index (χ3n) is 14.7. The number of aromatic hydroxyl groups is 1. The van der Waals surface area contributed by atoms with Crippen LogP contribution in [0.5, 0.6) is 11.5 Å². The van der Waals surface area contributed by atoms with Crippen molar-refractivity contribution in [3.05, 3.63) is 252 Å². The van der Waals surface area contributed by atoms with Gasteiger partial charge in [-0.1, -0.05) is 27.8 Å². The molecule has 108 heavy (non-hydrogen) atoms. The van der Waals surface area contributed by atoms with Crippen molar-refractivity contribution in [1.82, 2.24) is 70.4 Å². The number of hydrogen-bond donors (Lipinski definition) is 8. The first-order chi connectivity index (χ1) is 55.1. The summed E-state index contributed by atoms with van der Waals surface area (Å²) in [5, 5.41) is 71.6. The molecular formula is C75H85F5N20O8. The topological polar surface area (TPSA) is 400 Å². The van der Waals surface area contributed by atoms with Crippen molar-refractivity contribution in [3.8, 4) is 29.7 Å². The molecule has 1 aliphatic rings. The van der Waals surface area contributed by atoms with E-state index in [2.05, 4.69) is 56.5 Å². The summed E-state index contributed by atoms with van der Waals surface area (Å²) in [6.45, 7) is 8.87. The van der Waals surface area contributed by atoms with Gasteiger partial charge in [-0.3, -0.25) is 33.1 Å². The maximum atomic E-state index is 14.0. The average molecular weight is 1500 g/mol. The van der Waals surface area contributed by atoms with E-state index < -0.39 is 75.3 Å². The molecule has 11 rings (SSSR count). The fourth-order valence-electron chi connectivity index (χ4n) is 9.54. The Labute approximate surface area is 638 Å². The lowest BCUT2D eigenvalue weighted by atomic mass is 9.96. The van der Waals surface area contributed by atoms with E-state index in [4.69, 9.17) is 64.9 Å². The van der Waals surface area contributed by atoms with Gasteiger partial charge in [0.1, 0.15) is 70.8 Å². The molecule has 10 N–H and O–H groups in total. The maximum absolute atomic E-state index is 14.0. The van der Waals surface area contributed by atoms with Crippen molar-refractivity contribution in [3.63, 3.8) is 0 Å². The monoisotopic (exact) mass is 1500 g/mol. The van der Waals surface area contributed by atoms with Crippen molar-refractivity contribution in [2.75, 3.05) is 18.5 Å². The summed E-state index contributed by atoms with van der Waals surface area (Å²) in [5.74, 6) is -3.13. The fourth-order valence-corrected chi connectivity index (χ4v) is 9.54. The summed E-state index contributed by atoms with van der Waals surface area (Å²) in [5.41, 5.74) is 16.2. The van der Waals surface area contributed by atoms with Gasteiger partial charge in [-0.25, -0.2) is 37.0 Å². The molecule has 568 valence electrons.